The van der Waals surface area contributed by atoms with E-state index >= 15 is 0 Å². The van der Waals surface area contributed by atoms with Gasteiger partial charge in [0.1, 0.15) is 23.4 Å². The summed E-state index contributed by atoms with van der Waals surface area (Å²) >= 11 is 1.54. The molecule has 1 aromatic carbocycles. The highest BCUT2D eigenvalue weighted by Crippen LogP contribution is 2.40. The monoisotopic (exact) mass is 331 g/mol. The molecule has 1 saturated carbocycles. The van der Waals surface area contributed by atoms with Crippen molar-refractivity contribution in [2.45, 2.75) is 37.7 Å². The molecule has 0 radical (unpaired) electrons. The zero-order valence-electron chi connectivity index (χ0n) is 13.3. The summed E-state index contributed by atoms with van der Waals surface area (Å²) in [6, 6.07) is 7.81. The van der Waals surface area contributed by atoms with Crippen LogP contribution in [0, 0.1) is 0 Å². The van der Waals surface area contributed by atoms with Crippen LogP contribution in [0.15, 0.2) is 24.3 Å². The average molecular weight is 331 g/mol. The largest absolute Gasteiger partial charge is 0.497 e. The maximum atomic E-state index is 6.08. The Hall–Kier alpha value is -1.82. The normalized spacial score (nSPS) is 18.9. The Bertz CT molecular complexity index is 646. The van der Waals surface area contributed by atoms with Gasteiger partial charge >= 0.3 is 0 Å². The third-order valence-electron chi connectivity index (χ3n) is 4.45. The molecule has 6 heteroatoms. The molecule has 1 aliphatic heterocycles. The Kier molecular flexibility index (Phi) is 4.08. The molecule has 2 heterocycles. The molecule has 0 N–H and O–H groups in total. The van der Waals surface area contributed by atoms with Crippen molar-refractivity contribution in [2.24, 2.45) is 0 Å². The van der Waals surface area contributed by atoms with Crippen molar-refractivity contribution >= 4 is 16.7 Å². The van der Waals surface area contributed by atoms with E-state index in [1.807, 2.05) is 24.3 Å². The Balaban J connectivity index is 1.31. The highest BCUT2D eigenvalue weighted by atomic mass is 32.1. The first-order valence-corrected chi connectivity index (χ1v) is 8.98. The van der Waals surface area contributed by atoms with Crippen molar-refractivity contribution in [3.05, 3.63) is 30.1 Å². The van der Waals surface area contributed by atoms with Gasteiger partial charge in [-0.2, -0.15) is 4.37 Å². The van der Waals surface area contributed by atoms with Crippen LogP contribution in [0.1, 0.15) is 37.4 Å². The molecule has 0 unspecified atom stereocenters. The van der Waals surface area contributed by atoms with E-state index in [1.54, 1.807) is 18.6 Å². The molecular formula is C17H21N3O2S. The van der Waals surface area contributed by atoms with E-state index in [4.69, 9.17) is 14.5 Å². The van der Waals surface area contributed by atoms with Gasteiger partial charge in [0.25, 0.3) is 0 Å². The third kappa shape index (κ3) is 3.42. The van der Waals surface area contributed by atoms with Crippen molar-refractivity contribution in [3.8, 4) is 11.5 Å². The summed E-state index contributed by atoms with van der Waals surface area (Å²) in [6.07, 6.45) is 4.83. The van der Waals surface area contributed by atoms with E-state index in [-0.39, 0.29) is 6.10 Å². The molecule has 0 amide bonds. The number of methoxy groups -OCH3 is 1. The van der Waals surface area contributed by atoms with Gasteiger partial charge in [0.15, 0.2) is 0 Å². The molecule has 0 spiro atoms. The van der Waals surface area contributed by atoms with Crippen LogP contribution in [0.4, 0.5) is 5.13 Å². The zero-order chi connectivity index (χ0) is 15.6. The first-order chi connectivity index (χ1) is 11.3. The molecule has 122 valence electrons. The summed E-state index contributed by atoms with van der Waals surface area (Å²) < 4.78 is 15.8. The molecule has 1 saturated heterocycles. The molecule has 5 nitrogen and oxygen atoms in total. The predicted octanol–water partition coefficient (Wildman–Crippen LogP) is 3.47. The molecule has 23 heavy (non-hydrogen) atoms. The first kappa shape index (κ1) is 14.8. The Morgan fingerprint density at radius 3 is 2.39 bits per heavy atom. The van der Waals surface area contributed by atoms with Crippen molar-refractivity contribution in [2.75, 3.05) is 25.1 Å². The zero-order valence-corrected chi connectivity index (χ0v) is 14.1. The fraction of sp³-hybridized carbons (Fsp3) is 0.529. The topological polar surface area (TPSA) is 47.5 Å². The SMILES string of the molecule is COc1ccc(OC2CCN(c3nc(C4CC4)ns3)CC2)cc1. The minimum Gasteiger partial charge on any atom is -0.497 e. The fourth-order valence-corrected chi connectivity index (χ4v) is 3.67. The van der Waals surface area contributed by atoms with Gasteiger partial charge < -0.3 is 14.4 Å². The van der Waals surface area contributed by atoms with Crippen LogP contribution < -0.4 is 14.4 Å². The number of piperidine rings is 1. The number of anilines is 1. The lowest BCUT2D eigenvalue weighted by Gasteiger charge is -2.31. The van der Waals surface area contributed by atoms with Crippen LogP contribution in [-0.2, 0) is 0 Å². The molecule has 0 bridgehead atoms. The van der Waals surface area contributed by atoms with Gasteiger partial charge in [-0.05, 0) is 37.1 Å². The lowest BCUT2D eigenvalue weighted by atomic mass is 10.1. The van der Waals surface area contributed by atoms with E-state index in [0.717, 1.165) is 48.4 Å². The molecule has 1 aromatic heterocycles. The molecule has 2 aliphatic rings. The number of ether oxygens (including phenoxy) is 2. The maximum absolute atomic E-state index is 6.08. The van der Waals surface area contributed by atoms with Gasteiger partial charge in [-0.25, -0.2) is 4.98 Å². The standard InChI is InChI=1S/C17H21N3O2S/c1-21-13-4-6-14(7-5-13)22-15-8-10-20(11-9-15)17-18-16(19-23-17)12-2-3-12/h4-7,12,15H,2-3,8-11H2,1H3. The second kappa shape index (κ2) is 6.35. The smallest absolute Gasteiger partial charge is 0.205 e. The van der Waals surface area contributed by atoms with Crippen LogP contribution in [0.2, 0.25) is 0 Å². The van der Waals surface area contributed by atoms with Gasteiger partial charge in [-0.3, -0.25) is 0 Å². The van der Waals surface area contributed by atoms with Crippen LogP contribution in [-0.4, -0.2) is 35.7 Å². The molecule has 0 atom stereocenters. The molecule has 1 aliphatic carbocycles. The first-order valence-electron chi connectivity index (χ1n) is 8.21. The Morgan fingerprint density at radius 2 is 1.74 bits per heavy atom. The van der Waals surface area contributed by atoms with Crippen molar-refractivity contribution in [3.63, 3.8) is 0 Å². The Morgan fingerprint density at radius 1 is 1.04 bits per heavy atom. The van der Waals surface area contributed by atoms with E-state index < -0.39 is 0 Å². The highest BCUT2D eigenvalue weighted by molar-refractivity contribution is 7.09. The van der Waals surface area contributed by atoms with Gasteiger partial charge in [0.05, 0.1) is 7.11 Å². The van der Waals surface area contributed by atoms with Crippen LogP contribution in [0.25, 0.3) is 0 Å². The van der Waals surface area contributed by atoms with Crippen molar-refractivity contribution < 1.29 is 9.47 Å². The minimum atomic E-state index is 0.274. The lowest BCUT2D eigenvalue weighted by Crippen LogP contribution is -2.38. The summed E-state index contributed by atoms with van der Waals surface area (Å²) in [5.41, 5.74) is 0. The van der Waals surface area contributed by atoms with E-state index in [0.29, 0.717) is 5.92 Å². The van der Waals surface area contributed by atoms with E-state index in [9.17, 15) is 0 Å². The number of aromatic nitrogens is 2. The number of hydrogen-bond donors (Lipinski definition) is 0. The summed E-state index contributed by atoms with van der Waals surface area (Å²) in [5, 5.41) is 1.08. The highest BCUT2D eigenvalue weighted by Gasteiger charge is 2.29. The number of benzene rings is 1. The van der Waals surface area contributed by atoms with Crippen LogP contribution >= 0.6 is 11.5 Å². The van der Waals surface area contributed by atoms with E-state index in [1.165, 1.54) is 12.8 Å². The van der Waals surface area contributed by atoms with Gasteiger partial charge in [-0.1, -0.05) is 0 Å². The van der Waals surface area contributed by atoms with E-state index in [2.05, 4.69) is 9.27 Å². The van der Waals surface area contributed by atoms with Crippen LogP contribution in [0.3, 0.4) is 0 Å². The minimum absolute atomic E-state index is 0.274. The number of rotatable bonds is 5. The number of nitrogens with zero attached hydrogens (tertiary/aromatic N) is 3. The fourth-order valence-electron chi connectivity index (χ4n) is 2.87. The molecular weight excluding hydrogens is 310 g/mol. The quantitative estimate of drug-likeness (QED) is 0.839. The number of hydrogen-bond acceptors (Lipinski definition) is 6. The maximum Gasteiger partial charge on any atom is 0.205 e. The third-order valence-corrected chi connectivity index (χ3v) is 5.24. The van der Waals surface area contributed by atoms with Crippen molar-refractivity contribution in [1.29, 1.82) is 0 Å². The summed E-state index contributed by atoms with van der Waals surface area (Å²) in [4.78, 5) is 7.05. The van der Waals surface area contributed by atoms with Gasteiger partial charge in [-0.15, -0.1) is 0 Å². The second-order valence-corrected chi connectivity index (χ2v) is 6.92. The lowest BCUT2D eigenvalue weighted by molar-refractivity contribution is 0.171. The summed E-state index contributed by atoms with van der Waals surface area (Å²) in [6.45, 7) is 1.97. The summed E-state index contributed by atoms with van der Waals surface area (Å²) in [5.74, 6) is 3.46. The average Bonchev–Trinajstić information content (AvgIpc) is 3.34. The molecule has 2 fully saturated rings. The molecule has 4 rings (SSSR count). The predicted molar refractivity (Wildman–Crippen MR) is 90.7 cm³/mol. The van der Waals surface area contributed by atoms with Gasteiger partial charge in [0, 0.05) is 43.4 Å². The van der Waals surface area contributed by atoms with Crippen LogP contribution in [0.5, 0.6) is 11.5 Å². The van der Waals surface area contributed by atoms with Gasteiger partial charge in [0.2, 0.25) is 5.13 Å². The Labute approximate surface area is 140 Å². The van der Waals surface area contributed by atoms with Crippen molar-refractivity contribution in [1.82, 2.24) is 9.36 Å². The second-order valence-electron chi connectivity index (χ2n) is 6.19. The summed E-state index contributed by atoms with van der Waals surface area (Å²) in [7, 11) is 1.67. The molecule has 2 aromatic rings.